The molecule has 0 amide bonds. The molecule has 0 spiro atoms. The number of benzene rings is 1. The summed E-state index contributed by atoms with van der Waals surface area (Å²) in [5.74, 6) is 0.230. The van der Waals surface area contributed by atoms with Gasteiger partial charge in [-0.1, -0.05) is 11.3 Å². The van der Waals surface area contributed by atoms with E-state index in [4.69, 9.17) is 9.92 Å². The second-order valence-corrected chi connectivity index (χ2v) is 6.03. The van der Waals surface area contributed by atoms with Crippen molar-refractivity contribution in [1.29, 1.82) is 0 Å². The highest BCUT2D eigenvalue weighted by molar-refractivity contribution is 7.87. The molecule has 5 nitrogen and oxygen atoms in total. The Hall–Kier alpha value is -1.34. The molecule has 1 heterocycles. The Labute approximate surface area is 97.0 Å². The molecule has 0 aliphatic carbocycles. The Morgan fingerprint density at radius 2 is 2.25 bits per heavy atom. The van der Waals surface area contributed by atoms with Gasteiger partial charge in [0.05, 0.1) is 16.0 Å². The summed E-state index contributed by atoms with van der Waals surface area (Å²) < 4.78 is 28.2. The lowest BCUT2D eigenvalue weighted by Gasteiger charge is -2.03. The molecule has 0 atom stereocenters. The molecule has 1 aromatic carbocycles. The maximum absolute atomic E-state index is 11.3. The van der Waals surface area contributed by atoms with E-state index in [1.165, 1.54) is 18.3 Å². The van der Waals surface area contributed by atoms with Crippen LogP contribution < -0.4 is 9.92 Å². The number of nitrogen functional groups attached to an aromatic ring is 1. The van der Waals surface area contributed by atoms with Gasteiger partial charge in [-0.2, -0.15) is 8.42 Å². The Morgan fingerprint density at radius 3 is 2.94 bits per heavy atom. The molecule has 0 saturated carbocycles. The lowest BCUT2D eigenvalue weighted by atomic mass is 10.3. The average Bonchev–Trinajstić information content (AvgIpc) is 2.57. The molecule has 1 aromatic heterocycles. The molecule has 0 radical (unpaired) electrons. The van der Waals surface area contributed by atoms with Crippen LogP contribution >= 0.6 is 11.3 Å². The number of nitrogens with two attached hydrogens (primary N) is 1. The van der Waals surface area contributed by atoms with Crippen LogP contribution in [0.3, 0.4) is 0 Å². The molecule has 2 N–H and O–H groups in total. The van der Waals surface area contributed by atoms with Gasteiger partial charge in [0, 0.05) is 6.07 Å². The van der Waals surface area contributed by atoms with E-state index in [0.29, 0.717) is 5.13 Å². The summed E-state index contributed by atoms with van der Waals surface area (Å²) in [5.41, 5.74) is 6.28. The maximum Gasteiger partial charge on any atom is 0.308 e. The van der Waals surface area contributed by atoms with E-state index >= 15 is 0 Å². The molecule has 0 bridgehead atoms. The zero-order valence-corrected chi connectivity index (χ0v) is 10.1. The number of nitrogens with zero attached hydrogens (tertiary/aromatic N) is 1. The van der Waals surface area contributed by atoms with Gasteiger partial charge >= 0.3 is 10.1 Å². The van der Waals surface area contributed by atoms with E-state index in [2.05, 4.69) is 4.98 Å². The normalized spacial score (nSPS) is 11.8. The van der Waals surface area contributed by atoms with Crippen molar-refractivity contribution in [3.05, 3.63) is 18.2 Å². The van der Waals surface area contributed by atoms with Crippen molar-refractivity contribution in [3.8, 4) is 5.75 Å². The quantitative estimate of drug-likeness (QED) is 0.846. The zero-order valence-electron chi connectivity index (χ0n) is 8.50. The number of fused-ring (bicyclic) bond motifs is 1. The molecular formula is C9H10N2O3S2. The highest BCUT2D eigenvalue weighted by Gasteiger charge is 2.10. The number of rotatable bonds is 3. The van der Waals surface area contributed by atoms with Crippen LogP contribution in [0.25, 0.3) is 10.2 Å². The summed E-state index contributed by atoms with van der Waals surface area (Å²) in [4.78, 5) is 4.06. The number of thiazole rings is 1. The fourth-order valence-corrected chi connectivity index (χ4v) is 2.46. The average molecular weight is 258 g/mol. The Kier molecular flexibility index (Phi) is 2.73. The minimum Gasteiger partial charge on any atom is -0.382 e. The lowest BCUT2D eigenvalue weighted by molar-refractivity contribution is 0.488. The van der Waals surface area contributed by atoms with Gasteiger partial charge in [0.15, 0.2) is 5.13 Å². The zero-order chi connectivity index (χ0) is 11.8. The van der Waals surface area contributed by atoms with Crippen LogP contribution in [0.5, 0.6) is 5.75 Å². The van der Waals surface area contributed by atoms with Crippen LogP contribution in [-0.4, -0.2) is 19.2 Å². The van der Waals surface area contributed by atoms with Gasteiger partial charge in [0.25, 0.3) is 0 Å². The first-order valence-electron chi connectivity index (χ1n) is 4.58. The van der Waals surface area contributed by atoms with Crippen molar-refractivity contribution in [2.75, 3.05) is 11.5 Å². The van der Waals surface area contributed by atoms with Crippen molar-refractivity contribution in [2.24, 2.45) is 0 Å². The predicted octanol–water partition coefficient (Wildman–Crippen LogP) is 1.61. The summed E-state index contributed by atoms with van der Waals surface area (Å²) in [6.07, 6.45) is 0. The molecule has 0 aliphatic heterocycles. The van der Waals surface area contributed by atoms with Crippen molar-refractivity contribution >= 4 is 36.8 Å². The van der Waals surface area contributed by atoms with Crippen LogP contribution in [0, 0.1) is 0 Å². The molecule has 0 fully saturated rings. The third-order valence-electron chi connectivity index (χ3n) is 1.95. The van der Waals surface area contributed by atoms with E-state index in [1.807, 2.05) is 0 Å². The van der Waals surface area contributed by atoms with Crippen LogP contribution in [-0.2, 0) is 10.1 Å². The van der Waals surface area contributed by atoms with Gasteiger partial charge in [0.1, 0.15) is 5.75 Å². The van der Waals surface area contributed by atoms with Gasteiger partial charge in [0.2, 0.25) is 0 Å². The molecule has 2 rings (SSSR count). The van der Waals surface area contributed by atoms with Gasteiger partial charge < -0.3 is 9.92 Å². The summed E-state index contributed by atoms with van der Waals surface area (Å²) >= 11 is 1.29. The monoisotopic (exact) mass is 258 g/mol. The molecule has 86 valence electrons. The van der Waals surface area contributed by atoms with Gasteiger partial charge in [-0.15, -0.1) is 0 Å². The van der Waals surface area contributed by atoms with Crippen molar-refractivity contribution in [2.45, 2.75) is 6.92 Å². The van der Waals surface area contributed by atoms with Crippen LogP contribution in [0.4, 0.5) is 5.13 Å². The highest BCUT2D eigenvalue weighted by atomic mass is 32.2. The van der Waals surface area contributed by atoms with Crippen molar-refractivity contribution < 1.29 is 12.6 Å². The topological polar surface area (TPSA) is 82.3 Å². The van der Waals surface area contributed by atoms with Crippen molar-refractivity contribution in [1.82, 2.24) is 4.98 Å². The molecule has 0 aliphatic rings. The lowest BCUT2D eigenvalue weighted by Crippen LogP contribution is -2.11. The van der Waals surface area contributed by atoms with Crippen LogP contribution in [0.2, 0.25) is 0 Å². The smallest absolute Gasteiger partial charge is 0.308 e. The first-order chi connectivity index (χ1) is 7.50. The SMILES string of the molecule is CCS(=O)(=O)Oc1ccc2nc(N)sc2c1. The van der Waals surface area contributed by atoms with E-state index in [0.717, 1.165) is 10.2 Å². The number of anilines is 1. The molecule has 7 heteroatoms. The fourth-order valence-electron chi connectivity index (χ4n) is 1.18. The summed E-state index contributed by atoms with van der Waals surface area (Å²) in [7, 11) is -3.48. The number of aromatic nitrogens is 1. The highest BCUT2D eigenvalue weighted by Crippen LogP contribution is 2.28. The molecule has 2 aromatic rings. The standard InChI is InChI=1S/C9H10N2O3S2/c1-2-16(12,13)14-6-3-4-7-8(5-6)15-9(10)11-7/h3-5H,2H2,1H3,(H2,10,11). The van der Waals surface area contributed by atoms with E-state index in [9.17, 15) is 8.42 Å². The van der Waals surface area contributed by atoms with E-state index in [-0.39, 0.29) is 11.5 Å². The van der Waals surface area contributed by atoms with E-state index in [1.54, 1.807) is 18.2 Å². The Bertz CT molecular complexity index is 619. The minimum atomic E-state index is -3.48. The largest absolute Gasteiger partial charge is 0.382 e. The molecule has 0 unspecified atom stereocenters. The Balaban J connectivity index is 2.40. The number of hydrogen-bond acceptors (Lipinski definition) is 6. The summed E-state index contributed by atoms with van der Waals surface area (Å²) in [5, 5.41) is 0.450. The van der Waals surface area contributed by atoms with Gasteiger partial charge in [-0.05, 0) is 19.1 Å². The first-order valence-corrected chi connectivity index (χ1v) is 6.98. The van der Waals surface area contributed by atoms with Crippen LogP contribution in [0.1, 0.15) is 6.92 Å². The fraction of sp³-hybridized carbons (Fsp3) is 0.222. The summed E-state index contributed by atoms with van der Waals surface area (Å²) in [6.45, 7) is 1.53. The summed E-state index contributed by atoms with van der Waals surface area (Å²) in [6, 6.07) is 4.87. The van der Waals surface area contributed by atoms with E-state index < -0.39 is 10.1 Å². The Morgan fingerprint density at radius 1 is 1.50 bits per heavy atom. The predicted molar refractivity (Wildman–Crippen MR) is 64.1 cm³/mol. The molecule has 0 saturated heterocycles. The molecular weight excluding hydrogens is 248 g/mol. The second-order valence-electron chi connectivity index (χ2n) is 3.11. The third kappa shape index (κ3) is 2.25. The maximum atomic E-state index is 11.3. The van der Waals surface area contributed by atoms with Gasteiger partial charge in [-0.3, -0.25) is 0 Å². The third-order valence-corrected chi connectivity index (χ3v) is 3.95. The second kappa shape index (κ2) is 3.91. The van der Waals surface area contributed by atoms with Crippen LogP contribution in [0.15, 0.2) is 18.2 Å². The molecule has 16 heavy (non-hydrogen) atoms. The number of hydrogen-bond donors (Lipinski definition) is 1. The van der Waals surface area contributed by atoms with Crippen molar-refractivity contribution in [3.63, 3.8) is 0 Å². The minimum absolute atomic E-state index is 0.0597. The van der Waals surface area contributed by atoms with Gasteiger partial charge in [-0.25, -0.2) is 4.98 Å². The first kappa shape index (κ1) is 11.2.